The average Bonchev–Trinajstić information content (AvgIpc) is 3.26. The summed E-state index contributed by atoms with van der Waals surface area (Å²) in [7, 11) is 5.42. The van der Waals surface area contributed by atoms with Crippen LogP contribution in [-0.2, 0) is 28.6 Å². The van der Waals surface area contributed by atoms with Crippen molar-refractivity contribution >= 4 is 17.9 Å². The third-order valence-corrected chi connectivity index (χ3v) is 12.3. The molecule has 64 heavy (non-hydrogen) atoms. The van der Waals surface area contributed by atoms with E-state index in [0.717, 1.165) is 51.4 Å². The van der Waals surface area contributed by atoms with Gasteiger partial charge in [0.25, 0.3) is 0 Å². The second-order valence-corrected chi connectivity index (χ2v) is 19.5. The summed E-state index contributed by atoms with van der Waals surface area (Å²) in [5.74, 6) is -1.72. The summed E-state index contributed by atoms with van der Waals surface area (Å²) in [6.45, 7) is 4.67. The Labute approximate surface area is 395 Å². The predicted octanol–water partition coefficient (Wildman–Crippen LogP) is 14.4. The summed E-state index contributed by atoms with van der Waals surface area (Å²) in [5, 5.41) is 11.7. The van der Waals surface area contributed by atoms with Crippen LogP contribution in [0.25, 0.3) is 0 Å². The van der Waals surface area contributed by atoms with Crippen molar-refractivity contribution in [2.75, 3.05) is 41.0 Å². The number of nitrogens with zero attached hydrogens (tertiary/aromatic N) is 1. The number of carboxylic acid groups (broad SMARTS) is 1. The second kappa shape index (κ2) is 47.1. The number of aliphatic carboxylic acids is 1. The van der Waals surface area contributed by atoms with E-state index in [1.807, 2.05) is 21.1 Å². The van der Waals surface area contributed by atoms with E-state index in [-0.39, 0.29) is 42.7 Å². The van der Waals surface area contributed by atoms with Crippen molar-refractivity contribution < 1.29 is 38.2 Å². The molecule has 0 saturated heterocycles. The van der Waals surface area contributed by atoms with E-state index in [1.54, 1.807) is 0 Å². The van der Waals surface area contributed by atoms with Gasteiger partial charge in [-0.1, -0.05) is 217 Å². The van der Waals surface area contributed by atoms with Crippen molar-refractivity contribution in [1.82, 2.24) is 0 Å². The summed E-state index contributed by atoms with van der Waals surface area (Å²) in [5.41, 5.74) is 0. The summed E-state index contributed by atoms with van der Waals surface area (Å²) in [6, 6.07) is -0.725. The molecule has 8 heteroatoms. The molecule has 0 aromatic heterocycles. The van der Waals surface area contributed by atoms with Crippen LogP contribution in [0.5, 0.6) is 0 Å². The molecule has 0 aliphatic carbocycles. The van der Waals surface area contributed by atoms with Crippen LogP contribution in [0.2, 0.25) is 0 Å². The highest BCUT2D eigenvalue weighted by molar-refractivity contribution is 5.70. The van der Waals surface area contributed by atoms with Gasteiger partial charge in [-0.15, -0.1) is 0 Å². The maximum atomic E-state index is 12.8. The van der Waals surface area contributed by atoms with Gasteiger partial charge in [-0.3, -0.25) is 9.59 Å². The van der Waals surface area contributed by atoms with Gasteiger partial charge in [0.1, 0.15) is 12.6 Å². The van der Waals surface area contributed by atoms with E-state index >= 15 is 0 Å². The van der Waals surface area contributed by atoms with Crippen molar-refractivity contribution in [2.24, 2.45) is 0 Å². The fourth-order valence-electron chi connectivity index (χ4n) is 8.08. The molecule has 2 unspecified atom stereocenters. The summed E-state index contributed by atoms with van der Waals surface area (Å²) < 4.78 is 17.3. The minimum absolute atomic E-state index is 0.0426. The number of allylic oxidation sites excluding steroid dienone is 6. The molecule has 0 fully saturated rings. The molecule has 0 aliphatic heterocycles. The van der Waals surface area contributed by atoms with Gasteiger partial charge in [-0.05, 0) is 51.4 Å². The molecule has 0 amide bonds. The van der Waals surface area contributed by atoms with E-state index in [2.05, 4.69) is 50.3 Å². The summed E-state index contributed by atoms with van der Waals surface area (Å²) in [6.07, 6.45) is 56.0. The van der Waals surface area contributed by atoms with E-state index < -0.39 is 18.1 Å². The highest BCUT2D eigenvalue weighted by Gasteiger charge is 2.25. The van der Waals surface area contributed by atoms with Crippen LogP contribution in [0.15, 0.2) is 36.5 Å². The second-order valence-electron chi connectivity index (χ2n) is 19.5. The zero-order valence-corrected chi connectivity index (χ0v) is 42.7. The van der Waals surface area contributed by atoms with Crippen molar-refractivity contribution in [3.8, 4) is 0 Å². The fraction of sp³-hybridized carbons (Fsp3) is 0.839. The summed E-state index contributed by atoms with van der Waals surface area (Å²) >= 11 is 0. The Hall–Kier alpha value is -2.45. The van der Waals surface area contributed by atoms with Crippen molar-refractivity contribution in [1.29, 1.82) is 0 Å². The Morgan fingerprint density at radius 3 is 1.25 bits per heavy atom. The van der Waals surface area contributed by atoms with E-state index in [1.165, 1.54) is 167 Å². The van der Waals surface area contributed by atoms with Crippen molar-refractivity contribution in [3.63, 3.8) is 0 Å². The third kappa shape index (κ3) is 44.7. The number of unbranched alkanes of at least 4 members (excludes halogenated alkanes) is 29. The number of carbonyl (C=O) groups is 3. The zero-order chi connectivity index (χ0) is 47.0. The highest BCUT2D eigenvalue weighted by Crippen LogP contribution is 2.16. The number of esters is 2. The van der Waals surface area contributed by atoms with Gasteiger partial charge in [0.05, 0.1) is 40.3 Å². The van der Waals surface area contributed by atoms with E-state index in [0.29, 0.717) is 12.8 Å². The van der Waals surface area contributed by atoms with Gasteiger partial charge >= 0.3 is 11.9 Å². The molecular weight excluding hydrogens is 799 g/mol. The first kappa shape index (κ1) is 61.5. The maximum absolute atomic E-state index is 12.8. The van der Waals surface area contributed by atoms with Crippen LogP contribution in [0, 0.1) is 0 Å². The lowest BCUT2D eigenvalue weighted by molar-refractivity contribution is -0.889. The molecule has 0 aromatic carbocycles. The van der Waals surface area contributed by atoms with Gasteiger partial charge in [0, 0.05) is 19.3 Å². The van der Waals surface area contributed by atoms with Gasteiger partial charge in [-0.25, -0.2) is 0 Å². The number of hydrogen-bond donors (Lipinski definition) is 0. The van der Waals surface area contributed by atoms with E-state index in [9.17, 15) is 19.5 Å². The molecular formula is C56H103NO7. The number of quaternary nitrogens is 1. The van der Waals surface area contributed by atoms with E-state index in [4.69, 9.17) is 14.2 Å². The SMILES string of the molecule is CCCCC/C=C/C/C=C/C/C=C/CCCCCCCCCCCC(=O)OCC(COCCC(C(=O)[O-])[N+](C)(C)C)OC(=O)CCCCCCCCCCCCCCCCCCCC. The highest BCUT2D eigenvalue weighted by atomic mass is 16.6. The first-order valence-corrected chi connectivity index (χ1v) is 27.0. The number of ether oxygens (including phenoxy) is 3. The number of hydrogen-bond acceptors (Lipinski definition) is 7. The number of likely N-dealkylation sites (N-methyl/N-ethyl adjacent to an activating group) is 1. The minimum Gasteiger partial charge on any atom is -0.544 e. The minimum atomic E-state index is -1.12. The normalized spacial score (nSPS) is 13.1. The smallest absolute Gasteiger partial charge is 0.306 e. The molecule has 2 atom stereocenters. The quantitative estimate of drug-likeness (QED) is 0.0259. The first-order valence-electron chi connectivity index (χ1n) is 27.0. The average molecular weight is 902 g/mol. The first-order chi connectivity index (χ1) is 31.1. The Morgan fingerprint density at radius 1 is 0.469 bits per heavy atom. The van der Waals surface area contributed by atoms with Crippen LogP contribution in [0.4, 0.5) is 0 Å². The molecule has 0 bridgehead atoms. The Morgan fingerprint density at radius 2 is 0.828 bits per heavy atom. The lowest BCUT2D eigenvalue weighted by atomic mass is 10.0. The standard InChI is InChI=1S/C56H103NO7/c1-6-8-10-12-14-16-18-20-22-24-26-27-28-29-31-32-34-36-38-40-42-44-46-54(58)63-51-52(50-62-49-48-53(56(60)61)57(3,4)5)64-55(59)47-45-43-41-39-37-35-33-30-25-23-21-19-17-15-13-11-9-7-2/h14,16,20,22,26-27,52-53H,6-13,15,17-19,21,23-25,28-51H2,1-5H3/b16-14+,22-20+,27-26+. The predicted molar refractivity (Wildman–Crippen MR) is 268 cm³/mol. The molecule has 0 aromatic rings. The molecule has 0 heterocycles. The molecule has 0 aliphatic rings. The zero-order valence-electron chi connectivity index (χ0n) is 42.7. The van der Waals surface area contributed by atoms with Crippen LogP contribution in [0.1, 0.15) is 251 Å². The van der Waals surface area contributed by atoms with Gasteiger partial charge < -0.3 is 28.6 Å². The fourth-order valence-corrected chi connectivity index (χ4v) is 8.08. The molecule has 0 N–H and O–H groups in total. The topological polar surface area (TPSA) is 102 Å². The van der Waals surface area contributed by atoms with Crippen molar-refractivity contribution in [3.05, 3.63) is 36.5 Å². The lowest BCUT2D eigenvalue weighted by Gasteiger charge is -2.34. The van der Waals surface area contributed by atoms with Gasteiger partial charge in [0.15, 0.2) is 6.10 Å². The molecule has 0 saturated carbocycles. The summed E-state index contributed by atoms with van der Waals surface area (Å²) in [4.78, 5) is 37.1. The largest absolute Gasteiger partial charge is 0.544 e. The number of rotatable bonds is 49. The van der Waals surface area contributed by atoms with Gasteiger partial charge in [-0.2, -0.15) is 0 Å². The maximum Gasteiger partial charge on any atom is 0.306 e. The Bertz CT molecular complexity index is 1140. The third-order valence-electron chi connectivity index (χ3n) is 12.3. The van der Waals surface area contributed by atoms with Gasteiger partial charge in [0.2, 0.25) is 0 Å². The molecule has 0 spiro atoms. The van der Waals surface area contributed by atoms with Crippen LogP contribution in [-0.4, -0.2) is 75.5 Å². The lowest BCUT2D eigenvalue weighted by Crippen LogP contribution is -2.55. The van der Waals surface area contributed by atoms with Crippen LogP contribution in [0.3, 0.4) is 0 Å². The molecule has 0 rings (SSSR count). The van der Waals surface area contributed by atoms with Crippen LogP contribution < -0.4 is 5.11 Å². The Kier molecular flexibility index (Phi) is 45.3. The number of carbonyl (C=O) groups excluding carboxylic acids is 3. The van der Waals surface area contributed by atoms with Crippen LogP contribution >= 0.6 is 0 Å². The molecule has 0 radical (unpaired) electrons. The molecule has 8 nitrogen and oxygen atoms in total. The van der Waals surface area contributed by atoms with Crippen molar-refractivity contribution in [2.45, 2.75) is 264 Å². The number of carboxylic acids is 1. The monoisotopic (exact) mass is 902 g/mol. The Balaban J connectivity index is 4.20. The molecule has 374 valence electrons.